The first-order valence-corrected chi connectivity index (χ1v) is 6.60. The van der Waals surface area contributed by atoms with E-state index in [4.69, 9.17) is 15.2 Å². The molecule has 5 heteroatoms. The van der Waals surface area contributed by atoms with Crippen LogP contribution in [0.1, 0.15) is 23.9 Å². The van der Waals surface area contributed by atoms with Gasteiger partial charge in [-0.25, -0.2) is 4.98 Å². The summed E-state index contributed by atoms with van der Waals surface area (Å²) in [5.74, 6) is 2.54. The van der Waals surface area contributed by atoms with Gasteiger partial charge in [-0.05, 0) is 18.6 Å². The van der Waals surface area contributed by atoms with E-state index in [0.29, 0.717) is 0 Å². The van der Waals surface area contributed by atoms with E-state index in [-0.39, 0.29) is 6.04 Å². The quantitative estimate of drug-likeness (QED) is 0.876. The molecule has 20 heavy (non-hydrogen) atoms. The van der Waals surface area contributed by atoms with Crippen LogP contribution < -0.4 is 15.2 Å². The van der Waals surface area contributed by atoms with Crippen molar-refractivity contribution >= 4 is 0 Å². The van der Waals surface area contributed by atoms with Crippen LogP contribution >= 0.6 is 0 Å². The van der Waals surface area contributed by atoms with Gasteiger partial charge in [0.15, 0.2) is 0 Å². The predicted molar refractivity (Wildman–Crippen MR) is 78.0 cm³/mol. The Morgan fingerprint density at radius 3 is 2.40 bits per heavy atom. The molecule has 0 aliphatic heterocycles. The van der Waals surface area contributed by atoms with Crippen LogP contribution in [0.5, 0.6) is 11.5 Å². The zero-order valence-electron chi connectivity index (χ0n) is 12.2. The summed E-state index contributed by atoms with van der Waals surface area (Å²) in [6.45, 7) is 0. The van der Waals surface area contributed by atoms with Crippen LogP contribution in [0.25, 0.3) is 0 Å². The fourth-order valence-electron chi connectivity index (χ4n) is 2.31. The van der Waals surface area contributed by atoms with Crippen molar-refractivity contribution in [3.63, 3.8) is 0 Å². The zero-order valence-corrected chi connectivity index (χ0v) is 12.2. The first-order valence-electron chi connectivity index (χ1n) is 6.60. The van der Waals surface area contributed by atoms with Gasteiger partial charge >= 0.3 is 0 Å². The molecule has 1 aromatic carbocycles. The minimum Gasteiger partial charge on any atom is -0.496 e. The van der Waals surface area contributed by atoms with Crippen molar-refractivity contribution < 1.29 is 9.47 Å². The summed E-state index contributed by atoms with van der Waals surface area (Å²) in [5.41, 5.74) is 7.23. The molecule has 0 amide bonds. The van der Waals surface area contributed by atoms with E-state index in [0.717, 1.165) is 35.7 Å². The highest BCUT2D eigenvalue weighted by atomic mass is 16.5. The van der Waals surface area contributed by atoms with Crippen LogP contribution in [-0.2, 0) is 13.5 Å². The minimum absolute atomic E-state index is 0.155. The smallest absolute Gasteiger partial charge is 0.127 e. The minimum atomic E-state index is -0.155. The second-order valence-electron chi connectivity index (χ2n) is 4.68. The third-order valence-electron chi connectivity index (χ3n) is 3.44. The van der Waals surface area contributed by atoms with E-state index in [1.165, 1.54) is 0 Å². The van der Waals surface area contributed by atoms with Crippen molar-refractivity contribution in [2.45, 2.75) is 18.9 Å². The van der Waals surface area contributed by atoms with Crippen LogP contribution in [0.3, 0.4) is 0 Å². The predicted octanol–water partition coefficient (Wildman–Crippen LogP) is 2.07. The van der Waals surface area contributed by atoms with Crippen molar-refractivity contribution in [1.29, 1.82) is 0 Å². The zero-order chi connectivity index (χ0) is 14.5. The summed E-state index contributed by atoms with van der Waals surface area (Å²) in [4.78, 5) is 4.31. The lowest BCUT2D eigenvalue weighted by Gasteiger charge is -2.18. The third-order valence-corrected chi connectivity index (χ3v) is 3.44. The molecule has 0 aliphatic carbocycles. The fraction of sp³-hybridized carbons (Fsp3) is 0.400. The van der Waals surface area contributed by atoms with Gasteiger partial charge in [0.05, 0.1) is 19.8 Å². The Kier molecular flexibility index (Phi) is 4.63. The molecule has 0 saturated heterocycles. The normalized spacial score (nSPS) is 12.2. The second-order valence-corrected chi connectivity index (χ2v) is 4.68. The van der Waals surface area contributed by atoms with Gasteiger partial charge in [-0.1, -0.05) is 6.07 Å². The van der Waals surface area contributed by atoms with E-state index in [1.54, 1.807) is 20.4 Å². The van der Waals surface area contributed by atoms with Crippen molar-refractivity contribution in [2.75, 3.05) is 14.2 Å². The van der Waals surface area contributed by atoms with Gasteiger partial charge in [0, 0.05) is 31.9 Å². The van der Waals surface area contributed by atoms with Crippen LogP contribution in [-0.4, -0.2) is 23.8 Å². The lowest BCUT2D eigenvalue weighted by Crippen LogP contribution is -2.15. The highest BCUT2D eigenvalue weighted by Crippen LogP contribution is 2.34. The van der Waals surface area contributed by atoms with Crippen molar-refractivity contribution in [1.82, 2.24) is 9.55 Å². The van der Waals surface area contributed by atoms with E-state index < -0.39 is 0 Å². The number of hydrogen-bond donors (Lipinski definition) is 1. The molecule has 0 bridgehead atoms. The first-order chi connectivity index (χ1) is 9.67. The molecule has 2 rings (SSSR count). The topological polar surface area (TPSA) is 62.3 Å². The summed E-state index contributed by atoms with van der Waals surface area (Å²) < 4.78 is 12.8. The Hall–Kier alpha value is -2.01. The van der Waals surface area contributed by atoms with Gasteiger partial charge in [0.1, 0.15) is 17.3 Å². The maximum atomic E-state index is 6.32. The summed E-state index contributed by atoms with van der Waals surface area (Å²) in [6, 6.07) is 5.54. The average Bonchev–Trinajstić information content (AvgIpc) is 2.89. The Bertz CT molecular complexity index is 544. The molecule has 5 nitrogen and oxygen atoms in total. The number of imidazole rings is 1. The number of rotatable bonds is 6. The Balaban J connectivity index is 2.16. The number of ether oxygens (including phenoxy) is 2. The summed E-state index contributed by atoms with van der Waals surface area (Å²) >= 11 is 0. The molecule has 0 fully saturated rings. The lowest BCUT2D eigenvalue weighted by molar-refractivity contribution is 0.376. The molecule has 1 unspecified atom stereocenters. The molecule has 0 saturated carbocycles. The maximum absolute atomic E-state index is 6.32. The molecular formula is C15H21N3O2. The van der Waals surface area contributed by atoms with Crippen molar-refractivity contribution in [3.05, 3.63) is 42.0 Å². The molecule has 108 valence electrons. The number of aryl methyl sites for hydroxylation is 2. The fourth-order valence-corrected chi connectivity index (χ4v) is 2.31. The number of methoxy groups -OCH3 is 2. The second kappa shape index (κ2) is 6.43. The van der Waals surface area contributed by atoms with Gasteiger partial charge in [-0.2, -0.15) is 0 Å². The molecule has 0 radical (unpaired) electrons. The first kappa shape index (κ1) is 14.4. The van der Waals surface area contributed by atoms with E-state index in [2.05, 4.69) is 4.98 Å². The number of hydrogen-bond acceptors (Lipinski definition) is 4. The molecule has 1 atom stereocenters. The highest BCUT2D eigenvalue weighted by molar-refractivity contribution is 5.46. The maximum Gasteiger partial charge on any atom is 0.127 e. The number of nitrogens with two attached hydrogens (primary N) is 1. The molecular weight excluding hydrogens is 254 g/mol. The lowest BCUT2D eigenvalue weighted by atomic mass is 10.0. The summed E-state index contributed by atoms with van der Waals surface area (Å²) in [7, 11) is 5.27. The van der Waals surface area contributed by atoms with Crippen LogP contribution in [0.15, 0.2) is 30.6 Å². The average molecular weight is 275 g/mol. The summed E-state index contributed by atoms with van der Waals surface area (Å²) in [5, 5.41) is 0. The number of aromatic nitrogens is 2. The van der Waals surface area contributed by atoms with Gasteiger partial charge in [-0.15, -0.1) is 0 Å². The van der Waals surface area contributed by atoms with Crippen molar-refractivity contribution in [3.8, 4) is 11.5 Å². The molecule has 0 spiro atoms. The van der Waals surface area contributed by atoms with Gasteiger partial charge < -0.3 is 19.8 Å². The Morgan fingerprint density at radius 2 is 1.90 bits per heavy atom. The van der Waals surface area contributed by atoms with Crippen LogP contribution in [0, 0.1) is 0 Å². The van der Waals surface area contributed by atoms with Crippen molar-refractivity contribution in [2.24, 2.45) is 12.8 Å². The number of benzene rings is 1. The molecule has 2 aromatic rings. The SMILES string of the molecule is COc1cccc(OC)c1C(N)CCc1nccn1C. The highest BCUT2D eigenvalue weighted by Gasteiger charge is 2.18. The van der Waals surface area contributed by atoms with Gasteiger partial charge in [0.25, 0.3) is 0 Å². The molecule has 1 aromatic heterocycles. The van der Waals surface area contributed by atoms with Crippen LogP contribution in [0.4, 0.5) is 0 Å². The standard InChI is InChI=1S/C15H21N3O2/c1-18-10-9-17-14(18)8-7-11(16)15-12(19-2)5-4-6-13(15)20-3/h4-6,9-11H,7-8,16H2,1-3H3. The number of nitrogens with zero attached hydrogens (tertiary/aromatic N) is 2. The van der Waals surface area contributed by atoms with Gasteiger partial charge in [0.2, 0.25) is 0 Å². The monoisotopic (exact) mass is 275 g/mol. The Morgan fingerprint density at radius 1 is 1.25 bits per heavy atom. The third kappa shape index (κ3) is 2.93. The molecule has 2 N–H and O–H groups in total. The van der Waals surface area contributed by atoms with Gasteiger partial charge in [-0.3, -0.25) is 0 Å². The van der Waals surface area contributed by atoms with Crippen LogP contribution in [0.2, 0.25) is 0 Å². The summed E-state index contributed by atoms with van der Waals surface area (Å²) in [6.07, 6.45) is 5.32. The largest absolute Gasteiger partial charge is 0.496 e. The molecule has 0 aliphatic rings. The van der Waals surface area contributed by atoms with E-state index >= 15 is 0 Å². The molecule has 1 heterocycles. The van der Waals surface area contributed by atoms with E-state index in [1.807, 2.05) is 36.0 Å². The Labute approximate surface area is 119 Å². The van der Waals surface area contributed by atoms with E-state index in [9.17, 15) is 0 Å².